The van der Waals surface area contributed by atoms with Crippen LogP contribution in [0.15, 0.2) is 48.5 Å². The van der Waals surface area contributed by atoms with Gasteiger partial charge in [-0.05, 0) is 61.9 Å². The molecule has 0 spiro atoms. The van der Waals surface area contributed by atoms with Gasteiger partial charge in [0.15, 0.2) is 0 Å². The van der Waals surface area contributed by atoms with Crippen molar-refractivity contribution in [2.24, 2.45) is 0 Å². The van der Waals surface area contributed by atoms with Gasteiger partial charge in [-0.2, -0.15) is 0 Å². The first-order valence-corrected chi connectivity index (χ1v) is 8.38. The molecule has 0 aliphatic heterocycles. The van der Waals surface area contributed by atoms with E-state index >= 15 is 0 Å². The van der Waals surface area contributed by atoms with Crippen LogP contribution in [0.3, 0.4) is 0 Å². The maximum Gasteiger partial charge on any atom is 0.343 e. The molecule has 0 aliphatic rings. The third kappa shape index (κ3) is 5.95. The lowest BCUT2D eigenvalue weighted by Crippen LogP contribution is -2.10. The van der Waals surface area contributed by atoms with Crippen LogP contribution >= 0.6 is 0 Å². The van der Waals surface area contributed by atoms with Crippen LogP contribution in [0.25, 0.3) is 0 Å². The fourth-order valence-electron chi connectivity index (χ4n) is 2.10. The van der Waals surface area contributed by atoms with E-state index in [1.807, 2.05) is 13.8 Å². The summed E-state index contributed by atoms with van der Waals surface area (Å²) >= 11 is 0. The Kier molecular flexibility index (Phi) is 7.01. The number of hydrogen-bond donors (Lipinski definition) is 0. The molecule has 0 atom stereocenters. The topological polar surface area (TPSA) is 61.8 Å². The molecule has 0 aromatic heterocycles. The fraction of sp³-hybridized carbons (Fsp3) is 0.300. The molecule has 5 nitrogen and oxygen atoms in total. The van der Waals surface area contributed by atoms with Gasteiger partial charge in [0.1, 0.15) is 17.2 Å². The molecule has 2 aromatic rings. The normalized spacial score (nSPS) is 10.2. The monoisotopic (exact) mass is 342 g/mol. The van der Waals surface area contributed by atoms with Gasteiger partial charge in [-0.15, -0.1) is 0 Å². The van der Waals surface area contributed by atoms with Crippen molar-refractivity contribution in [3.63, 3.8) is 0 Å². The SMILES string of the molecule is CCCCC(=O)Oc1ccc(C(=O)Oc2ccc(OCC)cc2)cc1. The summed E-state index contributed by atoms with van der Waals surface area (Å²) in [5, 5.41) is 0. The standard InChI is InChI=1S/C20H22O5/c1-3-5-6-19(21)24-17-9-7-15(8-10-17)20(22)25-18-13-11-16(12-14-18)23-4-2/h7-14H,3-6H2,1-2H3. The van der Waals surface area contributed by atoms with Crippen LogP contribution in [-0.4, -0.2) is 18.5 Å². The molecule has 0 radical (unpaired) electrons. The van der Waals surface area contributed by atoms with E-state index < -0.39 is 5.97 Å². The first kappa shape index (κ1) is 18.5. The second-order valence-electron chi connectivity index (χ2n) is 5.40. The molecule has 2 rings (SSSR count). The molecule has 132 valence electrons. The van der Waals surface area contributed by atoms with Gasteiger partial charge >= 0.3 is 11.9 Å². The molecular formula is C20H22O5. The van der Waals surface area contributed by atoms with Crippen molar-refractivity contribution in [3.05, 3.63) is 54.1 Å². The van der Waals surface area contributed by atoms with E-state index in [9.17, 15) is 9.59 Å². The quantitative estimate of drug-likeness (QED) is 0.525. The fourth-order valence-corrected chi connectivity index (χ4v) is 2.10. The average molecular weight is 342 g/mol. The predicted octanol–water partition coefficient (Wildman–Crippen LogP) is 4.40. The van der Waals surface area contributed by atoms with Gasteiger partial charge in [-0.3, -0.25) is 4.79 Å². The molecule has 0 unspecified atom stereocenters. The number of carbonyl (C=O) groups is 2. The zero-order valence-electron chi connectivity index (χ0n) is 14.5. The predicted molar refractivity (Wildman–Crippen MR) is 94.2 cm³/mol. The van der Waals surface area contributed by atoms with Crippen molar-refractivity contribution in [3.8, 4) is 17.2 Å². The summed E-state index contributed by atoms with van der Waals surface area (Å²) in [7, 11) is 0. The van der Waals surface area contributed by atoms with Crippen molar-refractivity contribution < 1.29 is 23.8 Å². The lowest BCUT2D eigenvalue weighted by Gasteiger charge is -2.07. The highest BCUT2D eigenvalue weighted by atomic mass is 16.5. The number of hydrogen-bond acceptors (Lipinski definition) is 5. The summed E-state index contributed by atoms with van der Waals surface area (Å²) < 4.78 is 15.8. The van der Waals surface area contributed by atoms with Crippen molar-refractivity contribution in [2.45, 2.75) is 33.1 Å². The minimum atomic E-state index is -0.479. The van der Waals surface area contributed by atoms with Gasteiger partial charge in [-0.1, -0.05) is 13.3 Å². The van der Waals surface area contributed by atoms with Crippen molar-refractivity contribution >= 4 is 11.9 Å². The third-order valence-corrected chi connectivity index (χ3v) is 3.40. The molecular weight excluding hydrogens is 320 g/mol. The summed E-state index contributed by atoms with van der Waals surface area (Å²) in [6.45, 7) is 4.49. The van der Waals surface area contributed by atoms with E-state index in [4.69, 9.17) is 14.2 Å². The summed E-state index contributed by atoms with van der Waals surface area (Å²) in [5.74, 6) is 0.818. The molecule has 0 saturated heterocycles. The highest BCUT2D eigenvalue weighted by molar-refractivity contribution is 5.91. The van der Waals surface area contributed by atoms with Gasteiger partial charge in [-0.25, -0.2) is 4.79 Å². The van der Waals surface area contributed by atoms with E-state index in [-0.39, 0.29) is 5.97 Å². The van der Waals surface area contributed by atoms with Crippen LogP contribution in [0, 0.1) is 0 Å². The Morgan fingerprint density at radius 2 is 1.36 bits per heavy atom. The molecule has 25 heavy (non-hydrogen) atoms. The number of carbonyl (C=O) groups excluding carboxylic acids is 2. The van der Waals surface area contributed by atoms with Crippen LogP contribution in [-0.2, 0) is 4.79 Å². The van der Waals surface area contributed by atoms with Crippen molar-refractivity contribution in [1.29, 1.82) is 0 Å². The van der Waals surface area contributed by atoms with Gasteiger partial charge in [0.05, 0.1) is 12.2 Å². The Labute approximate surface area is 147 Å². The maximum atomic E-state index is 12.1. The van der Waals surface area contributed by atoms with E-state index in [1.165, 1.54) is 0 Å². The van der Waals surface area contributed by atoms with Crippen LogP contribution in [0.5, 0.6) is 17.2 Å². The second-order valence-corrected chi connectivity index (χ2v) is 5.40. The summed E-state index contributed by atoms with van der Waals surface area (Å²) in [6.07, 6.45) is 2.12. The molecule has 0 N–H and O–H groups in total. The highest BCUT2D eigenvalue weighted by Crippen LogP contribution is 2.20. The molecule has 2 aromatic carbocycles. The van der Waals surface area contributed by atoms with Gasteiger partial charge < -0.3 is 14.2 Å². The van der Waals surface area contributed by atoms with E-state index in [0.717, 1.165) is 18.6 Å². The number of esters is 2. The number of rotatable bonds is 8. The minimum absolute atomic E-state index is 0.272. The first-order valence-electron chi connectivity index (χ1n) is 8.38. The molecule has 5 heteroatoms. The Balaban J connectivity index is 1.92. The largest absolute Gasteiger partial charge is 0.494 e. The second kappa shape index (κ2) is 9.47. The van der Waals surface area contributed by atoms with E-state index in [0.29, 0.717) is 30.1 Å². The van der Waals surface area contributed by atoms with Crippen LogP contribution in [0.4, 0.5) is 0 Å². The van der Waals surface area contributed by atoms with Crippen LogP contribution < -0.4 is 14.2 Å². The number of ether oxygens (including phenoxy) is 3. The van der Waals surface area contributed by atoms with Crippen molar-refractivity contribution in [2.75, 3.05) is 6.61 Å². The average Bonchev–Trinajstić information content (AvgIpc) is 2.62. The summed E-state index contributed by atoms with van der Waals surface area (Å²) in [6, 6.07) is 13.1. The molecule has 0 amide bonds. The molecule has 0 saturated carbocycles. The summed E-state index contributed by atoms with van der Waals surface area (Å²) in [5.41, 5.74) is 0.377. The lowest BCUT2D eigenvalue weighted by atomic mass is 10.2. The van der Waals surface area contributed by atoms with Gasteiger partial charge in [0, 0.05) is 6.42 Å². The molecule has 0 aliphatic carbocycles. The third-order valence-electron chi connectivity index (χ3n) is 3.40. The minimum Gasteiger partial charge on any atom is -0.494 e. The molecule has 0 bridgehead atoms. The van der Waals surface area contributed by atoms with E-state index in [1.54, 1.807) is 48.5 Å². The Hall–Kier alpha value is -2.82. The van der Waals surface area contributed by atoms with Crippen LogP contribution in [0.2, 0.25) is 0 Å². The smallest absolute Gasteiger partial charge is 0.343 e. The van der Waals surface area contributed by atoms with Gasteiger partial charge in [0.2, 0.25) is 0 Å². The lowest BCUT2D eigenvalue weighted by molar-refractivity contribution is -0.134. The summed E-state index contributed by atoms with van der Waals surface area (Å²) in [4.78, 5) is 23.7. The molecule has 0 heterocycles. The van der Waals surface area contributed by atoms with Crippen LogP contribution in [0.1, 0.15) is 43.5 Å². The van der Waals surface area contributed by atoms with E-state index in [2.05, 4.69) is 0 Å². The highest BCUT2D eigenvalue weighted by Gasteiger charge is 2.10. The van der Waals surface area contributed by atoms with Gasteiger partial charge in [0.25, 0.3) is 0 Å². The van der Waals surface area contributed by atoms with Crippen molar-refractivity contribution in [1.82, 2.24) is 0 Å². The Morgan fingerprint density at radius 3 is 1.96 bits per heavy atom. The Bertz CT molecular complexity index is 689. The zero-order chi connectivity index (χ0) is 18.1. The molecule has 0 fully saturated rings. The first-order chi connectivity index (χ1) is 12.1. The number of benzene rings is 2. The Morgan fingerprint density at radius 1 is 0.800 bits per heavy atom. The number of unbranched alkanes of at least 4 members (excludes halogenated alkanes) is 1. The zero-order valence-corrected chi connectivity index (χ0v) is 14.5. The maximum absolute atomic E-state index is 12.1.